The maximum Gasteiger partial charge on any atom is 0.268 e. The van der Waals surface area contributed by atoms with E-state index < -0.39 is 10.0 Å². The minimum atomic E-state index is -3.71. The van der Waals surface area contributed by atoms with Gasteiger partial charge in [0.25, 0.3) is 10.0 Å². The van der Waals surface area contributed by atoms with Crippen LogP contribution in [0.5, 0.6) is 5.75 Å². The molecule has 4 aromatic rings. The molecule has 4 nitrogen and oxygen atoms in total. The third-order valence-corrected chi connectivity index (χ3v) is 6.14. The molecule has 126 valence electrons. The second kappa shape index (κ2) is 5.63. The van der Waals surface area contributed by atoms with Gasteiger partial charge in [0.05, 0.1) is 23.0 Å². The standard InChI is InChI=1S/C20H17NO3S/c1-14-7-10-16(11-8-14)25(22,23)21-19-6-4-3-5-17(19)18-13-15(24-2)9-12-20(18)21/h3-13H,1-2H3. The molecule has 1 heterocycles. The van der Waals surface area contributed by atoms with Gasteiger partial charge in [-0.15, -0.1) is 0 Å². The molecule has 5 heteroatoms. The molecule has 0 fully saturated rings. The molecule has 25 heavy (non-hydrogen) atoms. The molecule has 0 bridgehead atoms. The average Bonchev–Trinajstić information content (AvgIpc) is 2.96. The van der Waals surface area contributed by atoms with Crippen molar-refractivity contribution in [3.63, 3.8) is 0 Å². The summed E-state index contributed by atoms with van der Waals surface area (Å²) in [5.41, 5.74) is 2.32. The molecule has 0 spiro atoms. The van der Waals surface area contributed by atoms with Gasteiger partial charge in [0.2, 0.25) is 0 Å². The van der Waals surface area contributed by atoms with Crippen LogP contribution in [-0.4, -0.2) is 19.5 Å². The van der Waals surface area contributed by atoms with Crippen LogP contribution in [0.15, 0.2) is 71.6 Å². The SMILES string of the molecule is COc1ccc2c(c1)c1ccccc1n2S(=O)(=O)c1ccc(C)cc1. The lowest BCUT2D eigenvalue weighted by molar-refractivity contribution is 0.415. The maximum atomic E-state index is 13.3. The van der Waals surface area contributed by atoms with E-state index in [0.717, 1.165) is 16.3 Å². The number of methoxy groups -OCH3 is 1. The number of hydrogen-bond acceptors (Lipinski definition) is 3. The van der Waals surface area contributed by atoms with E-state index in [2.05, 4.69) is 0 Å². The molecule has 0 aliphatic carbocycles. The van der Waals surface area contributed by atoms with Gasteiger partial charge < -0.3 is 4.74 Å². The van der Waals surface area contributed by atoms with Crippen molar-refractivity contribution in [3.05, 3.63) is 72.3 Å². The van der Waals surface area contributed by atoms with Crippen molar-refractivity contribution >= 4 is 31.8 Å². The Kier molecular flexibility index (Phi) is 3.54. The summed E-state index contributed by atoms with van der Waals surface area (Å²) in [6, 6.07) is 19.9. The molecule has 0 atom stereocenters. The highest BCUT2D eigenvalue weighted by Crippen LogP contribution is 2.34. The number of para-hydroxylation sites is 1. The fraction of sp³-hybridized carbons (Fsp3) is 0.100. The Bertz CT molecular complexity index is 1190. The van der Waals surface area contributed by atoms with E-state index in [9.17, 15) is 8.42 Å². The number of fused-ring (bicyclic) bond motifs is 3. The van der Waals surface area contributed by atoms with Crippen LogP contribution in [0.2, 0.25) is 0 Å². The largest absolute Gasteiger partial charge is 0.497 e. The topological polar surface area (TPSA) is 48.3 Å². The third kappa shape index (κ3) is 2.39. The predicted molar refractivity (Wildman–Crippen MR) is 99.8 cm³/mol. The number of hydrogen-bond donors (Lipinski definition) is 0. The van der Waals surface area contributed by atoms with Crippen molar-refractivity contribution in [1.82, 2.24) is 3.97 Å². The van der Waals surface area contributed by atoms with Crippen LogP contribution < -0.4 is 4.74 Å². The molecule has 0 saturated carbocycles. The second-order valence-corrected chi connectivity index (χ2v) is 7.77. The van der Waals surface area contributed by atoms with Gasteiger partial charge in [-0.3, -0.25) is 0 Å². The molecule has 0 aliphatic heterocycles. The predicted octanol–water partition coefficient (Wildman–Crippen LogP) is 4.35. The van der Waals surface area contributed by atoms with Crippen molar-refractivity contribution in [1.29, 1.82) is 0 Å². The number of ether oxygens (including phenoxy) is 1. The fourth-order valence-electron chi connectivity index (χ4n) is 3.12. The smallest absolute Gasteiger partial charge is 0.268 e. The second-order valence-electron chi connectivity index (χ2n) is 5.98. The highest BCUT2D eigenvalue weighted by molar-refractivity contribution is 7.90. The third-order valence-electron chi connectivity index (χ3n) is 4.39. The zero-order chi connectivity index (χ0) is 17.6. The summed E-state index contributed by atoms with van der Waals surface area (Å²) in [5.74, 6) is 0.697. The molecule has 0 N–H and O–H groups in total. The summed E-state index contributed by atoms with van der Waals surface area (Å²) in [6.45, 7) is 1.93. The zero-order valence-electron chi connectivity index (χ0n) is 13.9. The van der Waals surface area contributed by atoms with Crippen molar-refractivity contribution in [3.8, 4) is 5.75 Å². The van der Waals surface area contributed by atoms with Gasteiger partial charge in [-0.05, 0) is 43.3 Å². The Morgan fingerprint density at radius 3 is 2.24 bits per heavy atom. The van der Waals surface area contributed by atoms with Crippen LogP contribution in [0, 0.1) is 6.92 Å². The van der Waals surface area contributed by atoms with E-state index in [1.807, 2.05) is 49.4 Å². The van der Waals surface area contributed by atoms with Crippen LogP contribution in [0.25, 0.3) is 21.8 Å². The first-order valence-electron chi connectivity index (χ1n) is 7.92. The minimum Gasteiger partial charge on any atom is -0.497 e. The fourth-order valence-corrected chi connectivity index (χ4v) is 4.64. The van der Waals surface area contributed by atoms with Gasteiger partial charge >= 0.3 is 0 Å². The Balaban J connectivity index is 2.11. The van der Waals surface area contributed by atoms with Crippen LogP contribution in [0.3, 0.4) is 0 Å². The molecule has 0 aliphatic rings. The number of nitrogens with zero attached hydrogens (tertiary/aromatic N) is 1. The number of benzene rings is 3. The normalized spacial score (nSPS) is 11.9. The maximum absolute atomic E-state index is 13.3. The van der Waals surface area contributed by atoms with E-state index in [4.69, 9.17) is 4.74 Å². The van der Waals surface area contributed by atoms with Gasteiger partial charge in [-0.1, -0.05) is 35.9 Å². The minimum absolute atomic E-state index is 0.275. The first-order valence-corrected chi connectivity index (χ1v) is 9.36. The summed E-state index contributed by atoms with van der Waals surface area (Å²) >= 11 is 0. The number of rotatable bonds is 3. The Morgan fingerprint density at radius 1 is 0.840 bits per heavy atom. The summed E-state index contributed by atoms with van der Waals surface area (Å²) in [6.07, 6.45) is 0. The summed E-state index contributed by atoms with van der Waals surface area (Å²) in [4.78, 5) is 0.275. The summed E-state index contributed by atoms with van der Waals surface area (Å²) < 4.78 is 33.4. The number of aromatic nitrogens is 1. The molecule has 3 aromatic carbocycles. The van der Waals surface area contributed by atoms with Gasteiger partial charge in [0, 0.05) is 10.8 Å². The van der Waals surface area contributed by atoms with E-state index in [0.29, 0.717) is 16.8 Å². The highest BCUT2D eigenvalue weighted by Gasteiger charge is 2.23. The lowest BCUT2D eigenvalue weighted by atomic mass is 10.1. The van der Waals surface area contributed by atoms with E-state index >= 15 is 0 Å². The Morgan fingerprint density at radius 2 is 1.52 bits per heavy atom. The first kappa shape index (κ1) is 15.7. The Labute approximate surface area is 146 Å². The molecule has 0 amide bonds. The molecular formula is C20H17NO3S. The van der Waals surface area contributed by atoms with Crippen LogP contribution in [0.4, 0.5) is 0 Å². The van der Waals surface area contributed by atoms with Gasteiger partial charge in [0.15, 0.2) is 0 Å². The van der Waals surface area contributed by atoms with Crippen molar-refractivity contribution < 1.29 is 13.2 Å². The monoisotopic (exact) mass is 351 g/mol. The van der Waals surface area contributed by atoms with Crippen molar-refractivity contribution in [2.75, 3.05) is 7.11 Å². The quantitative estimate of drug-likeness (QED) is 0.551. The highest BCUT2D eigenvalue weighted by atomic mass is 32.2. The van der Waals surface area contributed by atoms with Crippen LogP contribution >= 0.6 is 0 Å². The Hall–Kier alpha value is -2.79. The van der Waals surface area contributed by atoms with Gasteiger partial charge in [0.1, 0.15) is 5.75 Å². The molecule has 0 unspecified atom stereocenters. The van der Waals surface area contributed by atoms with Gasteiger partial charge in [-0.2, -0.15) is 0 Å². The molecular weight excluding hydrogens is 334 g/mol. The average molecular weight is 351 g/mol. The van der Waals surface area contributed by atoms with E-state index in [1.165, 1.54) is 3.97 Å². The molecule has 4 rings (SSSR count). The number of aryl methyl sites for hydroxylation is 1. The summed E-state index contributed by atoms with van der Waals surface area (Å²) in [5, 5.41) is 1.73. The first-order chi connectivity index (χ1) is 12.0. The lowest BCUT2D eigenvalue weighted by Crippen LogP contribution is -2.12. The molecule has 0 radical (unpaired) electrons. The van der Waals surface area contributed by atoms with E-state index in [1.54, 1.807) is 31.4 Å². The molecule has 0 saturated heterocycles. The van der Waals surface area contributed by atoms with Crippen molar-refractivity contribution in [2.24, 2.45) is 0 Å². The lowest BCUT2D eigenvalue weighted by Gasteiger charge is -2.10. The van der Waals surface area contributed by atoms with Crippen molar-refractivity contribution in [2.45, 2.75) is 11.8 Å². The van der Waals surface area contributed by atoms with E-state index in [-0.39, 0.29) is 4.90 Å². The van der Waals surface area contributed by atoms with Crippen LogP contribution in [0.1, 0.15) is 5.56 Å². The van der Waals surface area contributed by atoms with Crippen LogP contribution in [-0.2, 0) is 10.0 Å². The zero-order valence-corrected chi connectivity index (χ0v) is 14.7. The van der Waals surface area contributed by atoms with Gasteiger partial charge in [-0.25, -0.2) is 12.4 Å². The molecule has 1 aromatic heterocycles. The summed E-state index contributed by atoms with van der Waals surface area (Å²) in [7, 11) is -2.11.